The van der Waals surface area contributed by atoms with E-state index in [-0.39, 0.29) is 29.9 Å². The summed E-state index contributed by atoms with van der Waals surface area (Å²) in [5.41, 5.74) is 8.38. The first-order valence-corrected chi connectivity index (χ1v) is 15.1. The molecule has 3 aromatic carbocycles. The molecule has 0 aromatic heterocycles. The summed E-state index contributed by atoms with van der Waals surface area (Å²) < 4.78 is 1.47. The predicted octanol–water partition coefficient (Wildman–Crippen LogP) is 4.48. The number of anilines is 1. The van der Waals surface area contributed by atoms with Crippen molar-refractivity contribution in [3.8, 4) is 0 Å². The number of nitrogens with two attached hydrogens (primary N) is 1. The third-order valence-corrected chi connectivity index (χ3v) is 7.64. The van der Waals surface area contributed by atoms with Crippen LogP contribution in [0.4, 0.5) is 11.4 Å². The fraction of sp³-hybridized carbons (Fsp3) is 0.250. The molecule has 0 amide bonds. The Kier molecular flexibility index (Phi) is 11.7. The monoisotopic (exact) mass is 509 g/mol. The van der Waals surface area contributed by atoms with Crippen LogP contribution in [0.3, 0.4) is 0 Å². The van der Waals surface area contributed by atoms with Gasteiger partial charge in [-0.25, -0.2) is 0 Å². The zero-order chi connectivity index (χ0) is 23.3. The van der Waals surface area contributed by atoms with Crippen molar-refractivity contribution in [3.63, 3.8) is 0 Å². The molecule has 0 aliphatic carbocycles. The van der Waals surface area contributed by atoms with E-state index in [4.69, 9.17) is 5.73 Å². The second kappa shape index (κ2) is 14.2. The molecule has 0 aliphatic heterocycles. The van der Waals surface area contributed by atoms with Gasteiger partial charge in [0.15, 0.2) is 0 Å². The number of benzene rings is 3. The summed E-state index contributed by atoms with van der Waals surface area (Å²) in [6, 6.07) is 24.4. The van der Waals surface area contributed by atoms with Gasteiger partial charge < -0.3 is 16.2 Å². The first-order chi connectivity index (χ1) is 15.4. The van der Waals surface area contributed by atoms with Gasteiger partial charge in [0.25, 0.3) is 5.69 Å². The van der Waals surface area contributed by atoms with Crippen LogP contribution in [0.25, 0.3) is 0 Å². The van der Waals surface area contributed by atoms with E-state index in [2.05, 4.69) is 42.5 Å². The maximum Gasteiger partial charge on any atom is 0.506 e. The highest BCUT2D eigenvalue weighted by Crippen LogP contribution is 2.25. The van der Waals surface area contributed by atoms with Crippen LogP contribution in [0.1, 0.15) is 30.1 Å². The molecule has 3 aromatic rings. The lowest BCUT2D eigenvalue weighted by atomic mass is 9.99. The number of aliphatic hydroxyl groups is 1. The molecule has 0 aliphatic rings. The summed E-state index contributed by atoms with van der Waals surface area (Å²) in [7, 11) is 0. The molecule has 166 valence electrons. The van der Waals surface area contributed by atoms with Crippen molar-refractivity contribution in [2.24, 2.45) is 5.73 Å². The first-order valence-electron chi connectivity index (χ1n) is 10.5. The number of aryl methyl sites for hydroxylation is 1. The van der Waals surface area contributed by atoms with Gasteiger partial charge in [-0.15, -0.1) is 0 Å². The molecular weight excluding hydrogens is 482 g/mol. The molecule has 0 heterocycles. The Morgan fingerprint density at radius 2 is 1.72 bits per heavy atom. The number of halogens is 1. The summed E-state index contributed by atoms with van der Waals surface area (Å²) >= 11 is 3.40. The zero-order valence-electron chi connectivity index (χ0n) is 18.2. The van der Waals surface area contributed by atoms with E-state index >= 15 is 0 Å². The minimum Gasteiger partial charge on any atom is -0.387 e. The van der Waals surface area contributed by atoms with Crippen LogP contribution < -0.4 is 14.7 Å². The quantitative estimate of drug-likeness (QED) is 0.170. The third kappa shape index (κ3) is 8.88. The topological polar surface area (TPSA) is 101 Å². The Morgan fingerprint density at radius 3 is 2.28 bits per heavy atom. The van der Waals surface area contributed by atoms with E-state index in [0.717, 1.165) is 11.1 Å². The molecule has 0 saturated carbocycles. The lowest BCUT2D eigenvalue weighted by Crippen LogP contribution is -2.28. The number of nitro groups is 1. The molecule has 0 saturated heterocycles. The Hall–Kier alpha value is -1.97. The van der Waals surface area contributed by atoms with E-state index in [1.165, 1.54) is 9.76 Å². The number of hydrogen-bond acceptors (Lipinski definition) is 5. The van der Waals surface area contributed by atoms with Crippen molar-refractivity contribution in [1.29, 1.82) is 0 Å². The highest BCUT2D eigenvalue weighted by atomic mass is 79.9. The summed E-state index contributed by atoms with van der Waals surface area (Å²) in [6.07, 6.45) is 0.609. The molecule has 0 bridgehead atoms. The molecular formula is C24H28BrMgN3O3. The maximum absolute atomic E-state index is 11.0. The Bertz CT molecular complexity index is 961. The molecule has 4 N–H and O–H groups in total. The maximum atomic E-state index is 11.0. The summed E-state index contributed by atoms with van der Waals surface area (Å²) in [6.45, 7) is 2.44. The third-order valence-electron chi connectivity index (χ3n) is 4.92. The predicted molar refractivity (Wildman–Crippen MR) is 136 cm³/mol. The molecule has 32 heavy (non-hydrogen) atoms. The molecule has 2 atom stereocenters. The van der Waals surface area contributed by atoms with Gasteiger partial charge in [-0.05, 0) is 37.0 Å². The van der Waals surface area contributed by atoms with Gasteiger partial charge in [-0.3, -0.25) is 23.0 Å². The Labute approximate surface area is 205 Å². The second-order valence-electron chi connectivity index (χ2n) is 7.49. The normalized spacial score (nSPS) is 12.0. The van der Waals surface area contributed by atoms with E-state index in [1.54, 1.807) is 12.1 Å². The summed E-state index contributed by atoms with van der Waals surface area (Å²) in [5, 5.41) is 24.3. The second-order valence-corrected chi connectivity index (χ2v) is 10.3. The minimum absolute atomic E-state index is 0.0641. The van der Waals surface area contributed by atoms with Crippen LogP contribution >= 0.6 is 12.9 Å². The van der Waals surface area contributed by atoms with Crippen LogP contribution in [0, 0.1) is 17.0 Å². The molecule has 2 unspecified atom stereocenters. The molecule has 3 rings (SSSR count). The molecule has 0 spiro atoms. The van der Waals surface area contributed by atoms with Crippen LogP contribution in [0.5, 0.6) is 0 Å². The molecule has 0 fully saturated rings. The van der Waals surface area contributed by atoms with Crippen LogP contribution in [0.2, 0.25) is 0 Å². The minimum atomic E-state index is -0.709. The zero-order valence-corrected chi connectivity index (χ0v) is 21.2. The lowest BCUT2D eigenvalue weighted by molar-refractivity contribution is -0.384. The number of aliphatic hydroxyl groups excluding tert-OH is 1. The fourth-order valence-electron chi connectivity index (χ4n) is 3.13. The Morgan fingerprint density at radius 1 is 1.09 bits per heavy atom. The average molecular weight is 511 g/mol. The van der Waals surface area contributed by atoms with Gasteiger partial charge in [0, 0.05) is 18.7 Å². The standard InChI is InChI=1S/C18H23N3O3.C6H5.BrH.Mg/c1-13-9-10-17(21(23)24)16(12-13)20-11-5-8-15(19)18(22)14-6-3-2-4-7-14;1-2-4-6-5-3-1;;/h2-4,6-7,9-10,12,15,18,20,22H,5,8,11,19H2,1H3;1-5H;1H;/q;;;+1/p-1. The highest BCUT2D eigenvalue weighted by Gasteiger charge is 2.17. The largest absolute Gasteiger partial charge is 0.506 e. The number of nitrogens with zero attached hydrogens (tertiary/aromatic N) is 1. The van der Waals surface area contributed by atoms with Crippen LogP contribution in [-0.4, -0.2) is 40.8 Å². The van der Waals surface area contributed by atoms with Crippen molar-refractivity contribution in [2.75, 3.05) is 11.9 Å². The van der Waals surface area contributed by atoms with Gasteiger partial charge in [0.1, 0.15) is 5.69 Å². The van der Waals surface area contributed by atoms with Gasteiger partial charge in [-0.1, -0.05) is 66.7 Å². The number of nitro benzene ring substituents is 1. The van der Waals surface area contributed by atoms with Crippen molar-refractivity contribution in [1.82, 2.24) is 0 Å². The molecule has 6 nitrogen and oxygen atoms in total. The van der Waals surface area contributed by atoms with Gasteiger partial charge in [0.05, 0.1) is 11.0 Å². The van der Waals surface area contributed by atoms with Crippen molar-refractivity contribution in [3.05, 3.63) is 100 Å². The Balaban J connectivity index is 0.000000380. The number of hydrogen-bond donors (Lipinski definition) is 3. The SMILES string of the molecule is Cc1ccc([N+](=O)[O-])c(NCCCC(N)C(O)c2ccccc2)c1.[Br][Mg][c]1ccccc1. The van der Waals surface area contributed by atoms with E-state index < -0.39 is 11.0 Å². The number of rotatable bonds is 9. The first kappa shape index (κ1) is 26.3. The average Bonchev–Trinajstić information content (AvgIpc) is 2.82. The van der Waals surface area contributed by atoms with E-state index in [1.807, 2.05) is 43.3 Å². The van der Waals surface area contributed by atoms with Crippen molar-refractivity contribution in [2.45, 2.75) is 31.9 Å². The van der Waals surface area contributed by atoms with E-state index in [9.17, 15) is 15.2 Å². The summed E-state index contributed by atoms with van der Waals surface area (Å²) in [4.78, 5) is 10.6. The fourth-order valence-corrected chi connectivity index (χ4v) is 4.71. The highest BCUT2D eigenvalue weighted by molar-refractivity contribution is 9.23. The number of nitrogens with one attached hydrogen (secondary N) is 1. The van der Waals surface area contributed by atoms with Gasteiger partial charge in [0.2, 0.25) is 0 Å². The van der Waals surface area contributed by atoms with Gasteiger partial charge in [-0.2, -0.15) is 3.69 Å². The smallest absolute Gasteiger partial charge is 0.387 e. The van der Waals surface area contributed by atoms with Crippen LogP contribution in [0.15, 0.2) is 78.9 Å². The van der Waals surface area contributed by atoms with Crippen molar-refractivity contribution >= 4 is 46.1 Å². The lowest BCUT2D eigenvalue weighted by Gasteiger charge is -2.19. The van der Waals surface area contributed by atoms with Crippen molar-refractivity contribution < 1.29 is 10.0 Å². The van der Waals surface area contributed by atoms with Crippen LogP contribution in [-0.2, 0) is 0 Å². The van der Waals surface area contributed by atoms with Gasteiger partial charge >= 0.3 is 18.2 Å². The molecule has 8 heteroatoms. The summed E-state index contributed by atoms with van der Waals surface area (Å²) in [5.74, 6) is 0. The van der Waals surface area contributed by atoms with E-state index in [0.29, 0.717) is 25.1 Å². The molecule has 0 radical (unpaired) electrons.